The van der Waals surface area contributed by atoms with Crippen LogP contribution in [0.3, 0.4) is 0 Å². The molecule has 0 heterocycles. The van der Waals surface area contributed by atoms with Gasteiger partial charge < -0.3 is 15.3 Å². The molecule has 0 amide bonds. The van der Waals surface area contributed by atoms with Crippen molar-refractivity contribution in [3.05, 3.63) is 12.2 Å². The molecule has 1 aliphatic carbocycles. The zero-order valence-corrected chi connectivity index (χ0v) is 17.2. The summed E-state index contributed by atoms with van der Waals surface area (Å²) < 4.78 is 0. The SMILES string of the molecule is CCCCC(C)(C)[C@H](O)/C=C/[C@@H]1[C@H](CCCCCCC(=O)O)C(=O)C[C@@H]1O. The van der Waals surface area contributed by atoms with Gasteiger partial charge >= 0.3 is 5.97 Å². The molecule has 0 aromatic heterocycles. The van der Waals surface area contributed by atoms with Crippen LogP contribution in [0.1, 0.15) is 85.0 Å². The lowest BCUT2D eigenvalue weighted by molar-refractivity contribution is -0.137. The predicted molar refractivity (Wildman–Crippen MR) is 106 cm³/mol. The number of hydrogen-bond donors (Lipinski definition) is 3. The van der Waals surface area contributed by atoms with Crippen LogP contribution in [0.25, 0.3) is 0 Å². The molecule has 156 valence electrons. The molecule has 0 radical (unpaired) electrons. The summed E-state index contributed by atoms with van der Waals surface area (Å²) in [5.41, 5.74) is -0.223. The minimum absolute atomic E-state index is 0.0995. The van der Waals surface area contributed by atoms with Crippen LogP contribution in [0.15, 0.2) is 12.2 Å². The van der Waals surface area contributed by atoms with Crippen LogP contribution in [0, 0.1) is 17.3 Å². The number of unbranched alkanes of at least 4 members (excludes halogenated alkanes) is 4. The first-order chi connectivity index (χ1) is 12.7. The maximum absolute atomic E-state index is 12.3. The van der Waals surface area contributed by atoms with Crippen molar-refractivity contribution in [2.45, 2.75) is 97.2 Å². The number of ketones is 1. The summed E-state index contributed by atoms with van der Waals surface area (Å²) in [5.74, 6) is -1.09. The lowest BCUT2D eigenvalue weighted by Crippen LogP contribution is -2.28. The molecule has 3 N–H and O–H groups in total. The number of aliphatic hydroxyl groups excluding tert-OH is 2. The van der Waals surface area contributed by atoms with Gasteiger partial charge in [-0.1, -0.05) is 65.0 Å². The molecule has 5 nitrogen and oxygen atoms in total. The molecule has 0 aliphatic heterocycles. The van der Waals surface area contributed by atoms with Gasteiger partial charge in [0.05, 0.1) is 12.2 Å². The number of carboxylic acid groups (broad SMARTS) is 1. The molecule has 0 bridgehead atoms. The maximum atomic E-state index is 12.3. The molecule has 0 aromatic carbocycles. The van der Waals surface area contributed by atoms with Crippen LogP contribution < -0.4 is 0 Å². The van der Waals surface area contributed by atoms with Crippen LogP contribution in [0.2, 0.25) is 0 Å². The van der Waals surface area contributed by atoms with E-state index >= 15 is 0 Å². The Balaban J connectivity index is 2.55. The van der Waals surface area contributed by atoms with E-state index in [4.69, 9.17) is 5.11 Å². The van der Waals surface area contributed by atoms with E-state index < -0.39 is 18.2 Å². The van der Waals surface area contributed by atoms with Crippen molar-refractivity contribution in [1.29, 1.82) is 0 Å². The Morgan fingerprint density at radius 1 is 1.22 bits per heavy atom. The Labute approximate surface area is 163 Å². The number of carbonyl (C=O) groups is 2. The Morgan fingerprint density at radius 3 is 2.52 bits per heavy atom. The highest BCUT2D eigenvalue weighted by Gasteiger charge is 2.39. The normalized spacial score (nSPS) is 24.6. The largest absolute Gasteiger partial charge is 0.481 e. The van der Waals surface area contributed by atoms with Crippen LogP contribution in [0.5, 0.6) is 0 Å². The third-order valence-corrected chi connectivity index (χ3v) is 5.88. The van der Waals surface area contributed by atoms with Gasteiger partial charge in [0.1, 0.15) is 5.78 Å². The number of Topliss-reactive ketones (excluding diaryl/α,β-unsaturated/α-hetero) is 1. The van der Waals surface area contributed by atoms with E-state index in [1.807, 2.05) is 19.9 Å². The van der Waals surface area contributed by atoms with E-state index in [2.05, 4.69) is 6.92 Å². The Morgan fingerprint density at radius 2 is 1.89 bits per heavy atom. The number of aliphatic carboxylic acids is 1. The van der Waals surface area contributed by atoms with Crippen molar-refractivity contribution >= 4 is 11.8 Å². The van der Waals surface area contributed by atoms with E-state index in [0.29, 0.717) is 12.8 Å². The summed E-state index contributed by atoms with van der Waals surface area (Å²) in [6.45, 7) is 6.22. The minimum atomic E-state index is -0.769. The fourth-order valence-corrected chi connectivity index (χ4v) is 3.86. The lowest BCUT2D eigenvalue weighted by atomic mass is 9.80. The highest BCUT2D eigenvalue weighted by atomic mass is 16.4. The molecule has 1 saturated carbocycles. The first kappa shape index (κ1) is 23.8. The molecule has 0 saturated heterocycles. The fourth-order valence-electron chi connectivity index (χ4n) is 3.86. The molecule has 1 fully saturated rings. The molecule has 0 aromatic rings. The topological polar surface area (TPSA) is 94.8 Å². The molecular weight excluding hydrogens is 344 g/mol. The molecule has 0 spiro atoms. The van der Waals surface area contributed by atoms with Crippen LogP contribution in [-0.4, -0.2) is 39.3 Å². The van der Waals surface area contributed by atoms with E-state index in [0.717, 1.165) is 38.5 Å². The van der Waals surface area contributed by atoms with Crippen molar-refractivity contribution in [2.75, 3.05) is 0 Å². The van der Waals surface area contributed by atoms with Gasteiger partial charge in [0.2, 0.25) is 0 Å². The second-order valence-corrected chi connectivity index (χ2v) is 8.69. The van der Waals surface area contributed by atoms with Gasteiger partial charge in [0, 0.05) is 24.7 Å². The Hall–Kier alpha value is -1.20. The van der Waals surface area contributed by atoms with Crippen molar-refractivity contribution < 1.29 is 24.9 Å². The van der Waals surface area contributed by atoms with Gasteiger partial charge in [-0.05, 0) is 24.7 Å². The van der Waals surface area contributed by atoms with Gasteiger partial charge in [0.25, 0.3) is 0 Å². The summed E-state index contributed by atoms with van der Waals surface area (Å²) in [6.07, 6.45) is 9.80. The number of carbonyl (C=O) groups excluding carboxylic acids is 1. The number of rotatable bonds is 13. The first-order valence-corrected chi connectivity index (χ1v) is 10.5. The smallest absolute Gasteiger partial charge is 0.303 e. The van der Waals surface area contributed by atoms with E-state index in [9.17, 15) is 19.8 Å². The van der Waals surface area contributed by atoms with Crippen molar-refractivity contribution in [2.24, 2.45) is 17.3 Å². The maximum Gasteiger partial charge on any atom is 0.303 e. The van der Waals surface area contributed by atoms with Gasteiger partial charge in [-0.15, -0.1) is 0 Å². The predicted octanol–water partition coefficient (Wildman–Crippen LogP) is 4.11. The van der Waals surface area contributed by atoms with Crippen LogP contribution >= 0.6 is 0 Å². The molecular formula is C22H38O5. The molecule has 0 unspecified atom stereocenters. The second-order valence-electron chi connectivity index (χ2n) is 8.69. The lowest BCUT2D eigenvalue weighted by Gasteiger charge is -2.29. The molecule has 1 aliphatic rings. The molecule has 4 atom stereocenters. The van der Waals surface area contributed by atoms with Crippen molar-refractivity contribution in [3.63, 3.8) is 0 Å². The quantitative estimate of drug-likeness (QED) is 0.329. The number of hydrogen-bond acceptors (Lipinski definition) is 4. The fraction of sp³-hybridized carbons (Fsp3) is 0.818. The van der Waals surface area contributed by atoms with Gasteiger partial charge in [-0.25, -0.2) is 0 Å². The third kappa shape index (κ3) is 8.14. The summed E-state index contributed by atoms with van der Waals surface area (Å²) in [5, 5.41) is 29.4. The average Bonchev–Trinajstić information content (AvgIpc) is 2.86. The van der Waals surface area contributed by atoms with Gasteiger partial charge in [0.15, 0.2) is 0 Å². The molecule has 5 heteroatoms. The van der Waals surface area contributed by atoms with Gasteiger partial charge in [-0.2, -0.15) is 0 Å². The third-order valence-electron chi connectivity index (χ3n) is 5.88. The Kier molecular flexibility index (Phi) is 10.2. The number of aliphatic hydroxyl groups is 2. The van der Waals surface area contributed by atoms with E-state index in [-0.39, 0.29) is 35.9 Å². The highest BCUT2D eigenvalue weighted by Crippen LogP contribution is 2.35. The van der Waals surface area contributed by atoms with Gasteiger partial charge in [-0.3, -0.25) is 9.59 Å². The zero-order chi connectivity index (χ0) is 20.4. The summed E-state index contributed by atoms with van der Waals surface area (Å²) in [4.78, 5) is 22.8. The minimum Gasteiger partial charge on any atom is -0.481 e. The zero-order valence-electron chi connectivity index (χ0n) is 17.2. The standard InChI is InChI=1S/C22H38O5/c1-4-5-14-22(2,3)20(25)13-12-17-16(18(23)15-19(17)24)10-8-6-7-9-11-21(26)27/h12-13,16-17,19-20,24-25H,4-11,14-15H2,1-3H3,(H,26,27)/b13-12+/t16-,17+,19-,20+/m0/s1. The Bertz CT molecular complexity index is 497. The molecule has 27 heavy (non-hydrogen) atoms. The number of carboxylic acids is 1. The average molecular weight is 383 g/mol. The first-order valence-electron chi connectivity index (χ1n) is 10.5. The van der Waals surface area contributed by atoms with Crippen molar-refractivity contribution in [1.82, 2.24) is 0 Å². The molecule has 1 rings (SSSR count). The van der Waals surface area contributed by atoms with Crippen LogP contribution in [0.4, 0.5) is 0 Å². The summed E-state index contributed by atoms with van der Waals surface area (Å²) >= 11 is 0. The monoisotopic (exact) mass is 382 g/mol. The van der Waals surface area contributed by atoms with E-state index in [1.165, 1.54) is 0 Å². The summed E-state index contributed by atoms with van der Waals surface area (Å²) in [6, 6.07) is 0. The second kappa shape index (κ2) is 11.6. The summed E-state index contributed by atoms with van der Waals surface area (Å²) in [7, 11) is 0. The van der Waals surface area contributed by atoms with Crippen molar-refractivity contribution in [3.8, 4) is 0 Å². The van der Waals surface area contributed by atoms with Crippen LogP contribution in [-0.2, 0) is 9.59 Å². The highest BCUT2D eigenvalue weighted by molar-refractivity contribution is 5.84. The van der Waals surface area contributed by atoms with E-state index in [1.54, 1.807) is 6.08 Å².